The number of anilines is 1. The van der Waals surface area contributed by atoms with Crippen LogP contribution in [0.1, 0.15) is 19.4 Å². The third-order valence-electron chi connectivity index (χ3n) is 3.01. The summed E-state index contributed by atoms with van der Waals surface area (Å²) in [6.45, 7) is 3.95. The first kappa shape index (κ1) is 16.6. The van der Waals surface area contributed by atoms with Crippen LogP contribution in [0, 0.1) is 0 Å². The number of amides is 1. The normalized spacial score (nSPS) is 10.8. The van der Waals surface area contributed by atoms with Gasteiger partial charge in [0.2, 0.25) is 5.91 Å². The molecule has 2 aromatic carbocycles. The molecule has 0 saturated heterocycles. The van der Waals surface area contributed by atoms with Crippen molar-refractivity contribution in [2.75, 3.05) is 12.4 Å². The second-order valence-electron chi connectivity index (χ2n) is 5.29. The number of hydrogen-bond donors (Lipinski definition) is 1. The lowest BCUT2D eigenvalue weighted by atomic mass is 10.2. The maximum absolute atomic E-state index is 11.9. The minimum atomic E-state index is -0.189. The van der Waals surface area contributed by atoms with Crippen LogP contribution >= 0.6 is 0 Å². The highest BCUT2D eigenvalue weighted by Gasteiger charge is 2.00. The van der Waals surface area contributed by atoms with E-state index in [4.69, 9.17) is 9.47 Å². The Morgan fingerprint density at radius 2 is 1.83 bits per heavy atom. The monoisotopic (exact) mass is 311 g/mol. The number of carbonyl (C=O) groups excluding carboxylic acids is 1. The molecule has 0 saturated carbocycles. The molecule has 1 amide bonds. The van der Waals surface area contributed by atoms with Crippen molar-refractivity contribution in [1.29, 1.82) is 0 Å². The molecule has 0 radical (unpaired) electrons. The second kappa shape index (κ2) is 8.03. The zero-order chi connectivity index (χ0) is 16.7. The van der Waals surface area contributed by atoms with Crippen molar-refractivity contribution in [3.8, 4) is 11.5 Å². The minimum Gasteiger partial charge on any atom is -0.497 e. The summed E-state index contributed by atoms with van der Waals surface area (Å²) in [5.74, 6) is 1.35. The molecule has 2 rings (SSSR count). The van der Waals surface area contributed by atoms with E-state index in [9.17, 15) is 4.79 Å². The number of methoxy groups -OCH3 is 1. The van der Waals surface area contributed by atoms with Gasteiger partial charge in [-0.1, -0.05) is 12.1 Å². The molecule has 4 nitrogen and oxygen atoms in total. The Hall–Kier alpha value is -2.75. The van der Waals surface area contributed by atoms with Crippen LogP contribution in [0.4, 0.5) is 5.69 Å². The van der Waals surface area contributed by atoms with Gasteiger partial charge >= 0.3 is 0 Å². The third-order valence-corrected chi connectivity index (χ3v) is 3.01. The molecule has 23 heavy (non-hydrogen) atoms. The molecular weight excluding hydrogens is 290 g/mol. The van der Waals surface area contributed by atoms with E-state index in [-0.39, 0.29) is 12.0 Å². The zero-order valence-electron chi connectivity index (χ0n) is 13.6. The summed E-state index contributed by atoms with van der Waals surface area (Å²) in [4.78, 5) is 11.9. The highest BCUT2D eigenvalue weighted by Crippen LogP contribution is 2.17. The van der Waals surface area contributed by atoms with Gasteiger partial charge in [0.15, 0.2) is 0 Å². The molecule has 0 aromatic heterocycles. The average molecular weight is 311 g/mol. The van der Waals surface area contributed by atoms with Gasteiger partial charge in [0.1, 0.15) is 11.5 Å². The Morgan fingerprint density at radius 1 is 1.09 bits per heavy atom. The van der Waals surface area contributed by atoms with Gasteiger partial charge in [-0.25, -0.2) is 0 Å². The lowest BCUT2D eigenvalue weighted by Crippen LogP contribution is -2.07. The predicted octanol–water partition coefficient (Wildman–Crippen LogP) is 4.13. The first-order valence-electron chi connectivity index (χ1n) is 7.46. The molecule has 4 heteroatoms. The molecule has 0 aliphatic rings. The predicted molar refractivity (Wildman–Crippen MR) is 92.9 cm³/mol. The van der Waals surface area contributed by atoms with Crippen LogP contribution in [0.5, 0.6) is 11.5 Å². The Kier molecular flexibility index (Phi) is 5.80. The van der Waals surface area contributed by atoms with Gasteiger partial charge in [-0.2, -0.15) is 0 Å². The van der Waals surface area contributed by atoms with Gasteiger partial charge < -0.3 is 14.8 Å². The van der Waals surface area contributed by atoms with Crippen LogP contribution in [0.3, 0.4) is 0 Å². The highest BCUT2D eigenvalue weighted by atomic mass is 16.5. The lowest BCUT2D eigenvalue weighted by molar-refractivity contribution is -0.111. The fraction of sp³-hybridized carbons (Fsp3) is 0.211. The number of benzene rings is 2. The quantitative estimate of drug-likeness (QED) is 0.816. The molecule has 0 bridgehead atoms. The van der Waals surface area contributed by atoms with Gasteiger partial charge in [-0.15, -0.1) is 0 Å². The lowest BCUT2D eigenvalue weighted by Gasteiger charge is -2.09. The Balaban J connectivity index is 1.97. The minimum absolute atomic E-state index is 0.118. The van der Waals surface area contributed by atoms with Crippen molar-refractivity contribution in [2.45, 2.75) is 20.0 Å². The van der Waals surface area contributed by atoms with Crippen molar-refractivity contribution in [3.63, 3.8) is 0 Å². The summed E-state index contributed by atoms with van der Waals surface area (Å²) in [7, 11) is 1.60. The van der Waals surface area contributed by atoms with E-state index >= 15 is 0 Å². The molecule has 0 fully saturated rings. The van der Waals surface area contributed by atoms with E-state index in [1.165, 1.54) is 6.08 Å². The van der Waals surface area contributed by atoms with Crippen LogP contribution in [0.25, 0.3) is 6.08 Å². The van der Waals surface area contributed by atoms with Crippen LogP contribution in [0.15, 0.2) is 54.6 Å². The first-order valence-corrected chi connectivity index (χ1v) is 7.46. The summed E-state index contributed by atoms with van der Waals surface area (Å²) in [6, 6.07) is 14.8. The standard InChI is InChI=1S/C19H21NO3/c1-14(2)23-18-6-4-5-15(13-18)7-12-19(21)20-16-8-10-17(22-3)11-9-16/h4-14H,1-3H3,(H,20,21)/b12-7+. The number of carbonyl (C=O) groups is 1. The molecule has 1 N–H and O–H groups in total. The summed E-state index contributed by atoms with van der Waals surface area (Å²) in [5, 5.41) is 2.80. The van der Waals surface area contributed by atoms with Gasteiger partial charge in [-0.3, -0.25) is 4.79 Å². The third kappa shape index (κ3) is 5.51. The number of ether oxygens (including phenoxy) is 2. The fourth-order valence-corrected chi connectivity index (χ4v) is 1.99. The van der Waals surface area contributed by atoms with E-state index in [0.29, 0.717) is 0 Å². The van der Waals surface area contributed by atoms with Gasteiger partial charge in [0, 0.05) is 11.8 Å². The smallest absolute Gasteiger partial charge is 0.248 e. The van der Waals surface area contributed by atoms with E-state index in [2.05, 4.69) is 5.32 Å². The molecular formula is C19H21NO3. The fourth-order valence-electron chi connectivity index (χ4n) is 1.99. The Morgan fingerprint density at radius 3 is 2.48 bits per heavy atom. The molecule has 0 aliphatic carbocycles. The summed E-state index contributed by atoms with van der Waals surface area (Å²) in [5.41, 5.74) is 1.63. The molecule has 0 spiro atoms. The van der Waals surface area contributed by atoms with Crippen molar-refractivity contribution in [1.82, 2.24) is 0 Å². The number of hydrogen-bond acceptors (Lipinski definition) is 3. The van der Waals surface area contributed by atoms with Crippen LogP contribution < -0.4 is 14.8 Å². The Bertz CT molecular complexity index is 675. The van der Waals surface area contributed by atoms with E-state index < -0.39 is 0 Å². The van der Waals surface area contributed by atoms with Gasteiger partial charge in [-0.05, 0) is 61.9 Å². The second-order valence-corrected chi connectivity index (χ2v) is 5.29. The van der Waals surface area contributed by atoms with Crippen LogP contribution in [0.2, 0.25) is 0 Å². The molecule has 0 aliphatic heterocycles. The number of nitrogens with one attached hydrogen (secondary N) is 1. The Labute approximate surface area is 136 Å². The van der Waals surface area contributed by atoms with Gasteiger partial charge in [0.05, 0.1) is 13.2 Å². The van der Waals surface area contributed by atoms with Crippen LogP contribution in [-0.2, 0) is 4.79 Å². The van der Waals surface area contributed by atoms with Gasteiger partial charge in [0.25, 0.3) is 0 Å². The summed E-state index contributed by atoms with van der Waals surface area (Å²) >= 11 is 0. The molecule has 0 atom stereocenters. The maximum Gasteiger partial charge on any atom is 0.248 e. The zero-order valence-corrected chi connectivity index (χ0v) is 13.6. The largest absolute Gasteiger partial charge is 0.497 e. The summed E-state index contributed by atoms with van der Waals surface area (Å²) in [6.07, 6.45) is 3.37. The topological polar surface area (TPSA) is 47.6 Å². The highest BCUT2D eigenvalue weighted by molar-refractivity contribution is 6.01. The SMILES string of the molecule is COc1ccc(NC(=O)/C=C/c2cccc(OC(C)C)c2)cc1. The van der Waals surface area contributed by atoms with Crippen molar-refractivity contribution >= 4 is 17.7 Å². The molecule has 120 valence electrons. The average Bonchev–Trinajstić information content (AvgIpc) is 2.53. The van der Waals surface area contributed by atoms with Crippen LogP contribution in [-0.4, -0.2) is 19.1 Å². The molecule has 0 heterocycles. The first-order chi connectivity index (χ1) is 11.1. The van der Waals surface area contributed by atoms with Crippen molar-refractivity contribution in [2.24, 2.45) is 0 Å². The molecule has 0 unspecified atom stereocenters. The molecule has 2 aromatic rings. The van der Waals surface area contributed by atoms with E-state index in [1.54, 1.807) is 37.5 Å². The summed E-state index contributed by atoms with van der Waals surface area (Å²) < 4.78 is 10.7. The maximum atomic E-state index is 11.9. The van der Waals surface area contributed by atoms with E-state index in [1.807, 2.05) is 38.1 Å². The number of rotatable bonds is 6. The van der Waals surface area contributed by atoms with Crippen molar-refractivity contribution in [3.05, 3.63) is 60.2 Å². The van der Waals surface area contributed by atoms with E-state index in [0.717, 1.165) is 22.7 Å². The van der Waals surface area contributed by atoms with Crippen molar-refractivity contribution < 1.29 is 14.3 Å².